The van der Waals surface area contributed by atoms with Crippen LogP contribution in [0, 0.1) is 5.82 Å². The van der Waals surface area contributed by atoms with E-state index in [0.29, 0.717) is 11.3 Å². The number of amides is 1. The van der Waals surface area contributed by atoms with Crippen LogP contribution in [0.25, 0.3) is 11.5 Å². The molecule has 0 atom stereocenters. The molecule has 1 aliphatic heterocycles. The number of hydrogen-bond donors (Lipinski definition) is 1. The second kappa shape index (κ2) is 7.57. The molecule has 138 valence electrons. The fourth-order valence-corrected chi connectivity index (χ4v) is 3.15. The maximum Gasteiger partial charge on any atom is 0.313 e. The molecule has 0 spiro atoms. The van der Waals surface area contributed by atoms with Gasteiger partial charge in [0, 0.05) is 30.0 Å². The SMILES string of the molecule is O=C(Nc1ccc(N2CCCCC2)cc1)c1nnc(-c2cccc(F)c2)o1. The van der Waals surface area contributed by atoms with Gasteiger partial charge in [-0.25, -0.2) is 4.39 Å². The third kappa shape index (κ3) is 3.97. The van der Waals surface area contributed by atoms with E-state index in [0.717, 1.165) is 18.8 Å². The summed E-state index contributed by atoms with van der Waals surface area (Å²) >= 11 is 0. The number of aromatic nitrogens is 2. The molecule has 1 saturated heterocycles. The smallest absolute Gasteiger partial charge is 0.313 e. The Morgan fingerprint density at radius 3 is 2.56 bits per heavy atom. The van der Waals surface area contributed by atoms with Crippen molar-refractivity contribution in [2.75, 3.05) is 23.3 Å². The van der Waals surface area contributed by atoms with Crippen molar-refractivity contribution in [3.63, 3.8) is 0 Å². The molecule has 1 aromatic heterocycles. The maximum absolute atomic E-state index is 13.3. The molecule has 1 fully saturated rings. The first kappa shape index (κ1) is 17.2. The average molecular weight is 366 g/mol. The lowest BCUT2D eigenvalue weighted by Crippen LogP contribution is -2.29. The molecule has 0 saturated carbocycles. The zero-order valence-corrected chi connectivity index (χ0v) is 14.7. The van der Waals surface area contributed by atoms with E-state index >= 15 is 0 Å². The van der Waals surface area contributed by atoms with Crippen LogP contribution >= 0.6 is 0 Å². The van der Waals surface area contributed by atoms with Crippen molar-refractivity contribution < 1.29 is 13.6 Å². The van der Waals surface area contributed by atoms with Gasteiger partial charge >= 0.3 is 11.8 Å². The average Bonchev–Trinajstić information content (AvgIpc) is 3.20. The number of anilines is 2. The molecule has 0 aliphatic carbocycles. The van der Waals surface area contributed by atoms with Crippen LogP contribution in [0.3, 0.4) is 0 Å². The number of nitrogens with zero attached hydrogens (tertiary/aromatic N) is 3. The number of nitrogens with one attached hydrogen (secondary N) is 1. The normalized spacial score (nSPS) is 14.2. The third-order valence-electron chi connectivity index (χ3n) is 4.54. The van der Waals surface area contributed by atoms with Gasteiger partial charge in [0.1, 0.15) is 5.82 Å². The quantitative estimate of drug-likeness (QED) is 0.752. The molecule has 0 radical (unpaired) electrons. The van der Waals surface area contributed by atoms with Gasteiger partial charge in [0.25, 0.3) is 0 Å². The van der Waals surface area contributed by atoms with Crippen LogP contribution in [-0.4, -0.2) is 29.2 Å². The Balaban J connectivity index is 1.43. The molecule has 2 aromatic carbocycles. The van der Waals surface area contributed by atoms with Crippen LogP contribution in [0.1, 0.15) is 29.9 Å². The Morgan fingerprint density at radius 2 is 1.81 bits per heavy atom. The van der Waals surface area contributed by atoms with Gasteiger partial charge < -0.3 is 14.6 Å². The number of rotatable bonds is 4. The summed E-state index contributed by atoms with van der Waals surface area (Å²) in [6, 6.07) is 13.5. The third-order valence-corrected chi connectivity index (χ3v) is 4.54. The maximum atomic E-state index is 13.3. The Hall–Kier alpha value is -3.22. The van der Waals surface area contributed by atoms with E-state index < -0.39 is 11.7 Å². The van der Waals surface area contributed by atoms with Gasteiger partial charge in [-0.2, -0.15) is 0 Å². The number of hydrogen-bond acceptors (Lipinski definition) is 5. The van der Waals surface area contributed by atoms with Gasteiger partial charge in [-0.15, -0.1) is 10.2 Å². The summed E-state index contributed by atoms with van der Waals surface area (Å²) in [5.74, 6) is -0.990. The molecule has 1 aliphatic rings. The highest BCUT2D eigenvalue weighted by atomic mass is 19.1. The molecule has 7 heteroatoms. The van der Waals surface area contributed by atoms with E-state index in [1.807, 2.05) is 24.3 Å². The first-order valence-electron chi connectivity index (χ1n) is 8.95. The Morgan fingerprint density at radius 1 is 1.04 bits per heavy atom. The molecule has 1 N–H and O–H groups in total. The standard InChI is InChI=1S/C20H19FN4O2/c21-15-6-4-5-14(13-15)19-23-24-20(27-19)18(26)22-16-7-9-17(10-8-16)25-11-2-1-3-12-25/h4-10,13H,1-3,11-12H2,(H,22,26). The molecule has 6 nitrogen and oxygen atoms in total. The summed E-state index contributed by atoms with van der Waals surface area (Å²) in [6.45, 7) is 2.13. The predicted octanol–water partition coefficient (Wildman–Crippen LogP) is 4.12. The van der Waals surface area contributed by atoms with E-state index in [1.165, 1.54) is 31.4 Å². The van der Waals surface area contributed by atoms with Crippen molar-refractivity contribution in [2.45, 2.75) is 19.3 Å². The lowest BCUT2D eigenvalue weighted by molar-refractivity contribution is 0.0991. The Labute approximate surface area is 156 Å². The van der Waals surface area contributed by atoms with Crippen LogP contribution in [0.2, 0.25) is 0 Å². The van der Waals surface area contributed by atoms with Gasteiger partial charge in [-0.1, -0.05) is 6.07 Å². The molecule has 0 bridgehead atoms. The Bertz CT molecular complexity index is 933. The van der Waals surface area contributed by atoms with Gasteiger partial charge in [-0.05, 0) is 61.7 Å². The van der Waals surface area contributed by atoms with Crippen LogP contribution in [0.15, 0.2) is 52.9 Å². The van der Waals surface area contributed by atoms with Crippen molar-refractivity contribution in [3.05, 3.63) is 60.2 Å². The monoisotopic (exact) mass is 366 g/mol. The number of carbonyl (C=O) groups excluding carboxylic acids is 1. The second-order valence-electron chi connectivity index (χ2n) is 6.47. The summed E-state index contributed by atoms with van der Waals surface area (Å²) in [4.78, 5) is 14.7. The summed E-state index contributed by atoms with van der Waals surface area (Å²) in [7, 11) is 0. The number of benzene rings is 2. The van der Waals surface area contributed by atoms with Crippen LogP contribution in [0.4, 0.5) is 15.8 Å². The Kier molecular flexibility index (Phi) is 4.82. The van der Waals surface area contributed by atoms with Gasteiger partial charge in [-0.3, -0.25) is 4.79 Å². The minimum atomic E-state index is -0.504. The lowest BCUT2D eigenvalue weighted by Gasteiger charge is -2.28. The van der Waals surface area contributed by atoms with Crippen molar-refractivity contribution in [1.82, 2.24) is 10.2 Å². The van der Waals surface area contributed by atoms with E-state index in [-0.39, 0.29) is 11.8 Å². The lowest BCUT2D eigenvalue weighted by atomic mass is 10.1. The van der Waals surface area contributed by atoms with Crippen LogP contribution < -0.4 is 10.2 Å². The van der Waals surface area contributed by atoms with Gasteiger partial charge in [0.15, 0.2) is 0 Å². The summed E-state index contributed by atoms with van der Waals surface area (Å²) < 4.78 is 18.7. The molecular weight excluding hydrogens is 347 g/mol. The highest BCUT2D eigenvalue weighted by Crippen LogP contribution is 2.23. The summed E-state index contributed by atoms with van der Waals surface area (Å²) in [6.07, 6.45) is 3.71. The van der Waals surface area contributed by atoms with Gasteiger partial charge in [0.2, 0.25) is 5.89 Å². The minimum Gasteiger partial charge on any atom is -0.412 e. The highest BCUT2D eigenvalue weighted by Gasteiger charge is 2.17. The summed E-state index contributed by atoms with van der Waals surface area (Å²) in [5.41, 5.74) is 2.22. The van der Waals surface area contributed by atoms with Crippen molar-refractivity contribution in [2.24, 2.45) is 0 Å². The first-order valence-corrected chi connectivity index (χ1v) is 8.95. The fourth-order valence-electron chi connectivity index (χ4n) is 3.15. The summed E-state index contributed by atoms with van der Waals surface area (Å²) in [5, 5.41) is 10.3. The van der Waals surface area contributed by atoms with E-state index in [2.05, 4.69) is 20.4 Å². The number of piperidine rings is 1. The molecular formula is C20H19FN4O2. The molecule has 3 aromatic rings. The minimum absolute atomic E-state index is 0.0973. The molecule has 27 heavy (non-hydrogen) atoms. The van der Waals surface area contributed by atoms with Crippen LogP contribution in [0.5, 0.6) is 0 Å². The topological polar surface area (TPSA) is 71.3 Å². The molecule has 1 amide bonds. The van der Waals surface area contributed by atoms with Crippen molar-refractivity contribution in [1.29, 1.82) is 0 Å². The largest absolute Gasteiger partial charge is 0.412 e. The molecule has 4 rings (SSSR count). The fraction of sp³-hybridized carbons (Fsp3) is 0.250. The second-order valence-corrected chi connectivity index (χ2v) is 6.47. The van der Waals surface area contributed by atoms with Crippen molar-refractivity contribution >= 4 is 17.3 Å². The zero-order valence-electron chi connectivity index (χ0n) is 14.7. The molecule has 0 unspecified atom stereocenters. The van der Waals surface area contributed by atoms with E-state index in [9.17, 15) is 9.18 Å². The van der Waals surface area contributed by atoms with Crippen molar-refractivity contribution in [3.8, 4) is 11.5 Å². The zero-order chi connectivity index (χ0) is 18.6. The molecule has 2 heterocycles. The van der Waals surface area contributed by atoms with Crippen LogP contribution in [-0.2, 0) is 0 Å². The van der Waals surface area contributed by atoms with E-state index in [1.54, 1.807) is 12.1 Å². The predicted molar refractivity (Wildman–Crippen MR) is 100 cm³/mol. The number of carbonyl (C=O) groups is 1. The highest BCUT2D eigenvalue weighted by molar-refractivity contribution is 6.01. The van der Waals surface area contributed by atoms with Gasteiger partial charge in [0.05, 0.1) is 0 Å². The first-order chi connectivity index (χ1) is 13.2. The number of halogens is 1. The van der Waals surface area contributed by atoms with E-state index in [4.69, 9.17) is 4.42 Å².